The number of allylic oxidation sites excluding steroid dienone is 1. The Morgan fingerprint density at radius 1 is 1.00 bits per heavy atom. The topological polar surface area (TPSA) is 66.4 Å². The zero-order valence-electron chi connectivity index (χ0n) is 13.5. The van der Waals surface area contributed by atoms with Crippen LogP contribution in [-0.4, -0.2) is 13.5 Å². The lowest BCUT2D eigenvalue weighted by Crippen LogP contribution is -2.09. The molecule has 0 spiro atoms. The van der Waals surface area contributed by atoms with Crippen LogP contribution in [0, 0.1) is 0 Å². The van der Waals surface area contributed by atoms with Gasteiger partial charge in [0.25, 0.3) is 10.0 Å². The van der Waals surface area contributed by atoms with Crippen LogP contribution in [0.2, 0.25) is 0 Å². The van der Waals surface area contributed by atoms with Gasteiger partial charge in [-0.1, -0.05) is 60.3 Å². The molecule has 3 rings (SSSR count). The van der Waals surface area contributed by atoms with E-state index < -0.39 is 10.0 Å². The first-order chi connectivity index (χ1) is 12.0. The van der Waals surface area contributed by atoms with E-state index in [9.17, 15) is 13.5 Å². The molecule has 0 radical (unpaired) electrons. The van der Waals surface area contributed by atoms with Crippen LogP contribution in [0.5, 0.6) is 5.75 Å². The second-order valence-corrected chi connectivity index (χ2v) is 8.03. The van der Waals surface area contributed by atoms with Gasteiger partial charge in [-0.05, 0) is 25.1 Å². The van der Waals surface area contributed by atoms with Crippen molar-refractivity contribution in [1.82, 2.24) is 0 Å². The molecule has 0 aromatic heterocycles. The van der Waals surface area contributed by atoms with Crippen molar-refractivity contribution in [3.63, 3.8) is 0 Å². The molecule has 4 nitrogen and oxygen atoms in total. The van der Waals surface area contributed by atoms with Crippen LogP contribution < -0.4 is 4.72 Å². The molecule has 0 aliphatic rings. The Kier molecular flexibility index (Phi) is 5.01. The molecule has 0 bridgehead atoms. The van der Waals surface area contributed by atoms with E-state index in [1.165, 1.54) is 17.8 Å². The molecule has 3 aromatic rings. The number of sulfonamides is 1. The molecule has 6 heteroatoms. The molecular formula is C19H17NO3S2. The predicted molar refractivity (Wildman–Crippen MR) is 104 cm³/mol. The largest absolute Gasteiger partial charge is 0.506 e. The highest BCUT2D eigenvalue weighted by molar-refractivity contribution is 7.99. The van der Waals surface area contributed by atoms with Gasteiger partial charge in [-0.15, -0.1) is 0 Å². The van der Waals surface area contributed by atoms with E-state index in [-0.39, 0.29) is 5.75 Å². The van der Waals surface area contributed by atoms with Crippen LogP contribution in [0.15, 0.2) is 81.9 Å². The van der Waals surface area contributed by atoms with E-state index in [1.54, 1.807) is 31.2 Å². The van der Waals surface area contributed by atoms with E-state index in [0.717, 1.165) is 10.3 Å². The third-order valence-electron chi connectivity index (χ3n) is 3.52. The molecule has 2 N–H and O–H groups in total. The normalized spacial score (nSPS) is 11.9. The summed E-state index contributed by atoms with van der Waals surface area (Å²) in [5, 5.41) is 13.0. The summed E-state index contributed by atoms with van der Waals surface area (Å²) in [5.41, 5.74) is 0.435. The van der Waals surface area contributed by atoms with Gasteiger partial charge in [0.1, 0.15) is 5.75 Å². The van der Waals surface area contributed by atoms with Crippen molar-refractivity contribution in [3.8, 4) is 5.75 Å². The molecule has 0 fully saturated rings. The minimum atomic E-state index is -3.60. The highest BCUT2D eigenvalue weighted by Gasteiger charge is 2.15. The lowest BCUT2D eigenvalue weighted by atomic mass is 10.1. The summed E-state index contributed by atoms with van der Waals surface area (Å²) in [6, 6.07) is 18.4. The number of hydrogen-bond acceptors (Lipinski definition) is 4. The maximum atomic E-state index is 12.1. The second-order valence-electron chi connectivity index (χ2n) is 5.35. The van der Waals surface area contributed by atoms with Crippen molar-refractivity contribution in [2.75, 3.05) is 4.72 Å². The molecule has 0 aliphatic heterocycles. The number of phenols is 1. The van der Waals surface area contributed by atoms with Gasteiger partial charge in [0, 0.05) is 21.1 Å². The molecule has 0 unspecified atom stereocenters. The quantitative estimate of drug-likeness (QED) is 0.621. The SMILES string of the molecule is C/C=C/S(=O)(=O)Nc1cc(Sc2ccccc2)c(O)c2ccccc12. The summed E-state index contributed by atoms with van der Waals surface area (Å²) in [4.78, 5) is 1.54. The Bertz CT molecular complexity index is 1030. The average Bonchev–Trinajstić information content (AvgIpc) is 2.60. The van der Waals surface area contributed by atoms with Crippen molar-refractivity contribution < 1.29 is 13.5 Å². The van der Waals surface area contributed by atoms with Crippen molar-refractivity contribution in [2.24, 2.45) is 0 Å². The van der Waals surface area contributed by atoms with Gasteiger partial charge in [0.2, 0.25) is 0 Å². The van der Waals surface area contributed by atoms with Gasteiger partial charge < -0.3 is 5.11 Å². The second kappa shape index (κ2) is 7.21. The monoisotopic (exact) mass is 371 g/mol. The number of rotatable bonds is 5. The first kappa shape index (κ1) is 17.4. The number of phenolic OH excluding ortho intramolecular Hbond substituents is 1. The van der Waals surface area contributed by atoms with Crippen LogP contribution in [0.1, 0.15) is 6.92 Å². The summed E-state index contributed by atoms with van der Waals surface area (Å²) in [6.45, 7) is 1.64. The van der Waals surface area contributed by atoms with E-state index in [2.05, 4.69) is 4.72 Å². The smallest absolute Gasteiger partial charge is 0.254 e. The van der Waals surface area contributed by atoms with E-state index in [1.807, 2.05) is 36.4 Å². The molecule has 0 atom stereocenters. The summed E-state index contributed by atoms with van der Waals surface area (Å²) < 4.78 is 26.8. The number of benzene rings is 3. The Hall–Kier alpha value is -2.44. The van der Waals surface area contributed by atoms with E-state index in [0.29, 0.717) is 21.4 Å². The van der Waals surface area contributed by atoms with Crippen molar-refractivity contribution in [2.45, 2.75) is 16.7 Å². The number of nitrogens with one attached hydrogen (secondary N) is 1. The lowest BCUT2D eigenvalue weighted by molar-refractivity contribution is 0.469. The summed E-state index contributed by atoms with van der Waals surface area (Å²) in [5.74, 6) is 0.137. The Labute approximate surface area is 151 Å². The van der Waals surface area contributed by atoms with Crippen molar-refractivity contribution in [3.05, 3.63) is 72.1 Å². The number of aromatic hydroxyl groups is 1. The van der Waals surface area contributed by atoms with Gasteiger partial charge in [-0.3, -0.25) is 4.72 Å². The van der Waals surface area contributed by atoms with Crippen LogP contribution in [0.4, 0.5) is 5.69 Å². The van der Waals surface area contributed by atoms with Gasteiger partial charge in [0.05, 0.1) is 10.6 Å². The van der Waals surface area contributed by atoms with Crippen LogP contribution in [0.3, 0.4) is 0 Å². The maximum Gasteiger partial charge on any atom is 0.254 e. The van der Waals surface area contributed by atoms with Crippen LogP contribution in [-0.2, 0) is 10.0 Å². The highest BCUT2D eigenvalue weighted by atomic mass is 32.2. The average molecular weight is 371 g/mol. The molecule has 0 amide bonds. The molecule has 0 saturated carbocycles. The first-order valence-electron chi connectivity index (χ1n) is 7.63. The third-order valence-corrected chi connectivity index (χ3v) is 5.69. The summed E-state index contributed by atoms with van der Waals surface area (Å²) >= 11 is 1.38. The summed E-state index contributed by atoms with van der Waals surface area (Å²) in [7, 11) is -3.60. The number of fused-ring (bicyclic) bond motifs is 1. The maximum absolute atomic E-state index is 12.1. The van der Waals surface area contributed by atoms with Crippen molar-refractivity contribution >= 4 is 38.2 Å². The van der Waals surface area contributed by atoms with Crippen LogP contribution in [0.25, 0.3) is 10.8 Å². The zero-order chi connectivity index (χ0) is 17.9. The van der Waals surface area contributed by atoms with Gasteiger partial charge >= 0.3 is 0 Å². The molecule has 0 heterocycles. The molecule has 128 valence electrons. The number of hydrogen-bond donors (Lipinski definition) is 2. The van der Waals surface area contributed by atoms with E-state index in [4.69, 9.17) is 0 Å². The fourth-order valence-electron chi connectivity index (χ4n) is 2.48. The molecular weight excluding hydrogens is 354 g/mol. The molecule has 3 aromatic carbocycles. The minimum Gasteiger partial charge on any atom is -0.506 e. The standard InChI is InChI=1S/C19H17NO3S2/c1-2-12-25(22,23)20-17-13-18(24-14-8-4-3-5-9-14)19(21)16-11-7-6-10-15(16)17/h2-13,20-21H,1H3/b12-2+. The molecule has 0 aliphatic carbocycles. The first-order valence-corrected chi connectivity index (χ1v) is 9.99. The minimum absolute atomic E-state index is 0.137. The Morgan fingerprint density at radius 3 is 2.32 bits per heavy atom. The highest BCUT2D eigenvalue weighted by Crippen LogP contribution is 2.42. The Balaban J connectivity index is 2.14. The lowest BCUT2D eigenvalue weighted by Gasteiger charge is -2.13. The fourth-order valence-corrected chi connectivity index (χ4v) is 4.31. The van der Waals surface area contributed by atoms with Crippen molar-refractivity contribution in [1.29, 1.82) is 0 Å². The fraction of sp³-hybridized carbons (Fsp3) is 0.0526. The zero-order valence-corrected chi connectivity index (χ0v) is 15.1. The van der Waals surface area contributed by atoms with Gasteiger partial charge in [-0.2, -0.15) is 0 Å². The number of anilines is 1. The Morgan fingerprint density at radius 2 is 1.64 bits per heavy atom. The van der Waals surface area contributed by atoms with Crippen LogP contribution >= 0.6 is 11.8 Å². The van der Waals surface area contributed by atoms with Gasteiger partial charge in [-0.25, -0.2) is 8.42 Å². The molecule has 0 saturated heterocycles. The third kappa shape index (κ3) is 3.97. The van der Waals surface area contributed by atoms with Gasteiger partial charge in [0.15, 0.2) is 0 Å². The van der Waals surface area contributed by atoms with E-state index >= 15 is 0 Å². The molecule has 25 heavy (non-hydrogen) atoms. The predicted octanol–water partition coefficient (Wildman–Crippen LogP) is 4.97. The summed E-state index contributed by atoms with van der Waals surface area (Å²) in [6.07, 6.45) is 1.46.